The minimum atomic E-state index is 0.0440. The Morgan fingerprint density at radius 3 is 3.06 bits per heavy atom. The molecule has 2 atom stereocenters. The van der Waals surface area contributed by atoms with Crippen molar-refractivity contribution in [1.82, 2.24) is 20.0 Å². The van der Waals surface area contributed by atoms with Crippen LogP contribution in [0.1, 0.15) is 12.8 Å². The maximum absolute atomic E-state index is 11.8. The van der Waals surface area contributed by atoms with Crippen molar-refractivity contribution in [3.8, 4) is 0 Å². The van der Waals surface area contributed by atoms with Gasteiger partial charge in [0, 0.05) is 44.0 Å². The van der Waals surface area contributed by atoms with E-state index in [0.717, 1.165) is 13.0 Å². The van der Waals surface area contributed by atoms with Gasteiger partial charge >= 0.3 is 0 Å². The van der Waals surface area contributed by atoms with Gasteiger partial charge in [-0.1, -0.05) is 0 Å². The van der Waals surface area contributed by atoms with Crippen LogP contribution >= 0.6 is 0 Å². The Bertz CT molecular complexity index is 379. The van der Waals surface area contributed by atoms with Gasteiger partial charge in [0.25, 0.3) is 0 Å². The highest BCUT2D eigenvalue weighted by Crippen LogP contribution is 2.15. The number of nitrogens with one attached hydrogen (secondary N) is 1. The van der Waals surface area contributed by atoms with Crippen molar-refractivity contribution in [2.45, 2.75) is 31.5 Å². The lowest BCUT2D eigenvalue weighted by atomic mass is 10.2. The average Bonchev–Trinajstić information content (AvgIpc) is 2.96. The molecule has 1 aromatic heterocycles. The number of nitrogens with zero attached hydrogens (tertiary/aromatic N) is 3. The molecule has 2 rings (SSSR count). The van der Waals surface area contributed by atoms with Crippen LogP contribution in [0.5, 0.6) is 0 Å². The molecule has 1 amide bonds. The summed E-state index contributed by atoms with van der Waals surface area (Å²) < 4.78 is 1.75. The molecule has 18 heavy (non-hydrogen) atoms. The van der Waals surface area contributed by atoms with Gasteiger partial charge < -0.3 is 10.4 Å². The van der Waals surface area contributed by atoms with Gasteiger partial charge in [0.1, 0.15) is 0 Å². The van der Waals surface area contributed by atoms with E-state index in [0.29, 0.717) is 13.0 Å². The van der Waals surface area contributed by atoms with E-state index in [1.165, 1.54) is 0 Å². The minimum Gasteiger partial charge on any atom is -0.395 e. The van der Waals surface area contributed by atoms with Crippen molar-refractivity contribution in [3.63, 3.8) is 0 Å². The van der Waals surface area contributed by atoms with Crippen molar-refractivity contribution in [2.24, 2.45) is 0 Å². The molecular formula is C12H20N4O2. The quantitative estimate of drug-likeness (QED) is 0.738. The number of hydrogen-bond acceptors (Lipinski definition) is 4. The molecule has 100 valence electrons. The summed E-state index contributed by atoms with van der Waals surface area (Å²) in [6.45, 7) is 1.56. The molecule has 2 heterocycles. The van der Waals surface area contributed by atoms with E-state index in [4.69, 9.17) is 5.11 Å². The lowest BCUT2D eigenvalue weighted by molar-refractivity contribution is -0.122. The summed E-state index contributed by atoms with van der Waals surface area (Å²) in [5.41, 5.74) is 0. The zero-order chi connectivity index (χ0) is 13.0. The fourth-order valence-electron chi connectivity index (χ4n) is 2.35. The van der Waals surface area contributed by atoms with Gasteiger partial charge in [0.15, 0.2) is 0 Å². The van der Waals surface area contributed by atoms with Crippen LogP contribution < -0.4 is 5.32 Å². The van der Waals surface area contributed by atoms with Crippen LogP contribution in [0.25, 0.3) is 0 Å². The summed E-state index contributed by atoms with van der Waals surface area (Å²) in [6, 6.07) is 2.16. The van der Waals surface area contributed by atoms with Crippen LogP contribution in [0.3, 0.4) is 0 Å². The molecule has 0 unspecified atom stereocenters. The first kappa shape index (κ1) is 13.0. The van der Waals surface area contributed by atoms with Gasteiger partial charge in [0.05, 0.1) is 6.61 Å². The van der Waals surface area contributed by atoms with Crippen molar-refractivity contribution >= 4 is 5.91 Å². The molecule has 0 aliphatic carbocycles. The maximum Gasteiger partial charge on any atom is 0.222 e. The van der Waals surface area contributed by atoms with E-state index in [-0.39, 0.29) is 24.6 Å². The highest BCUT2D eigenvalue weighted by Gasteiger charge is 2.29. The largest absolute Gasteiger partial charge is 0.395 e. The van der Waals surface area contributed by atoms with E-state index in [2.05, 4.69) is 15.3 Å². The molecular weight excluding hydrogens is 232 g/mol. The number of aliphatic hydroxyl groups is 1. The number of aliphatic hydroxyl groups excluding tert-OH is 1. The molecule has 0 saturated carbocycles. The van der Waals surface area contributed by atoms with Crippen LogP contribution in [0.4, 0.5) is 0 Å². The first-order chi connectivity index (χ1) is 8.69. The van der Waals surface area contributed by atoms with Gasteiger partial charge in [0.2, 0.25) is 5.91 Å². The topological polar surface area (TPSA) is 70.4 Å². The third-order valence-corrected chi connectivity index (χ3v) is 3.39. The Kier molecular flexibility index (Phi) is 4.33. The second-order valence-electron chi connectivity index (χ2n) is 4.80. The van der Waals surface area contributed by atoms with Gasteiger partial charge in [-0.05, 0) is 19.5 Å². The van der Waals surface area contributed by atoms with Gasteiger partial charge in [-0.2, -0.15) is 5.10 Å². The number of likely N-dealkylation sites (tertiary alicyclic amines) is 1. The van der Waals surface area contributed by atoms with Gasteiger partial charge in [-0.15, -0.1) is 0 Å². The zero-order valence-electron chi connectivity index (χ0n) is 10.6. The Morgan fingerprint density at radius 1 is 1.61 bits per heavy atom. The number of aryl methyl sites for hydroxylation is 1. The van der Waals surface area contributed by atoms with Gasteiger partial charge in [-0.3, -0.25) is 14.4 Å². The van der Waals surface area contributed by atoms with Crippen LogP contribution in [-0.4, -0.2) is 58.0 Å². The number of carbonyl (C=O) groups excluding carboxylic acids is 1. The smallest absolute Gasteiger partial charge is 0.222 e. The lowest BCUT2D eigenvalue weighted by Crippen LogP contribution is -2.36. The van der Waals surface area contributed by atoms with E-state index < -0.39 is 0 Å². The molecule has 1 aliphatic heterocycles. The van der Waals surface area contributed by atoms with Crippen molar-refractivity contribution in [3.05, 3.63) is 18.5 Å². The standard InChI is InChI=1S/C12H20N4O2/c1-15-8-10(7-11(15)9-17)14-12(18)3-6-16-5-2-4-13-16/h2,4-5,10-11,17H,3,6-9H2,1H3,(H,14,18)/t10-,11+/m1/s1. The van der Waals surface area contributed by atoms with E-state index in [9.17, 15) is 4.79 Å². The molecule has 1 aromatic rings. The molecule has 1 aliphatic rings. The highest BCUT2D eigenvalue weighted by atomic mass is 16.3. The normalized spacial score (nSPS) is 24.3. The van der Waals surface area contributed by atoms with Gasteiger partial charge in [-0.25, -0.2) is 0 Å². The van der Waals surface area contributed by atoms with Crippen LogP contribution in [0.15, 0.2) is 18.5 Å². The summed E-state index contributed by atoms with van der Waals surface area (Å²) in [7, 11) is 1.97. The van der Waals surface area contributed by atoms with Crippen molar-refractivity contribution < 1.29 is 9.90 Å². The predicted octanol–water partition coefficient (Wildman–Crippen LogP) is -0.546. The Labute approximate surface area is 107 Å². The number of hydrogen-bond donors (Lipinski definition) is 2. The Morgan fingerprint density at radius 2 is 2.44 bits per heavy atom. The third kappa shape index (κ3) is 3.30. The van der Waals surface area contributed by atoms with Crippen LogP contribution in [0.2, 0.25) is 0 Å². The van der Waals surface area contributed by atoms with E-state index in [1.54, 1.807) is 10.9 Å². The van der Waals surface area contributed by atoms with Crippen LogP contribution in [0, 0.1) is 0 Å². The summed E-state index contributed by atoms with van der Waals surface area (Å²) in [5.74, 6) is 0.0440. The monoisotopic (exact) mass is 252 g/mol. The van der Waals surface area contributed by atoms with E-state index >= 15 is 0 Å². The first-order valence-corrected chi connectivity index (χ1v) is 6.27. The minimum absolute atomic E-state index is 0.0440. The number of likely N-dealkylation sites (N-methyl/N-ethyl adjacent to an activating group) is 1. The fourth-order valence-corrected chi connectivity index (χ4v) is 2.35. The maximum atomic E-state index is 11.8. The average molecular weight is 252 g/mol. The number of carbonyl (C=O) groups is 1. The molecule has 1 saturated heterocycles. The van der Waals surface area contributed by atoms with Crippen LogP contribution in [-0.2, 0) is 11.3 Å². The van der Waals surface area contributed by atoms with Crippen molar-refractivity contribution in [2.75, 3.05) is 20.2 Å². The molecule has 0 radical (unpaired) electrons. The molecule has 1 fully saturated rings. The molecule has 0 spiro atoms. The Hall–Kier alpha value is -1.40. The number of aromatic nitrogens is 2. The number of rotatable bonds is 5. The second kappa shape index (κ2) is 5.97. The molecule has 2 N–H and O–H groups in total. The molecule has 0 aromatic carbocycles. The highest BCUT2D eigenvalue weighted by molar-refractivity contribution is 5.76. The lowest BCUT2D eigenvalue weighted by Gasteiger charge is -2.15. The van der Waals surface area contributed by atoms with Crippen molar-refractivity contribution in [1.29, 1.82) is 0 Å². The summed E-state index contributed by atoms with van der Waals surface area (Å²) in [4.78, 5) is 13.8. The first-order valence-electron chi connectivity index (χ1n) is 6.27. The number of amides is 1. The van der Waals surface area contributed by atoms with E-state index in [1.807, 2.05) is 19.3 Å². The molecule has 6 heteroatoms. The Balaban J connectivity index is 1.72. The fraction of sp³-hybridized carbons (Fsp3) is 0.667. The summed E-state index contributed by atoms with van der Waals surface area (Å²) >= 11 is 0. The summed E-state index contributed by atoms with van der Waals surface area (Å²) in [5, 5.41) is 16.2. The second-order valence-corrected chi connectivity index (χ2v) is 4.80. The predicted molar refractivity (Wildman–Crippen MR) is 66.9 cm³/mol. The zero-order valence-corrected chi connectivity index (χ0v) is 10.6. The summed E-state index contributed by atoms with van der Waals surface area (Å²) in [6.07, 6.45) is 4.81. The molecule has 0 bridgehead atoms. The molecule has 6 nitrogen and oxygen atoms in total. The third-order valence-electron chi connectivity index (χ3n) is 3.39. The SMILES string of the molecule is CN1C[C@H](NC(=O)CCn2cccn2)C[C@H]1CO.